The molecule has 0 amide bonds. The van der Waals surface area contributed by atoms with Gasteiger partial charge in [0.1, 0.15) is 10.7 Å². The summed E-state index contributed by atoms with van der Waals surface area (Å²) in [4.78, 5) is -0.272. The molecule has 1 heterocycles. The third-order valence-electron chi connectivity index (χ3n) is 3.75. The van der Waals surface area contributed by atoms with Gasteiger partial charge in [0.15, 0.2) is 0 Å². The summed E-state index contributed by atoms with van der Waals surface area (Å²) >= 11 is 3.18. The molecule has 0 bridgehead atoms. The average molecular weight is 402 g/mol. The van der Waals surface area contributed by atoms with Gasteiger partial charge in [-0.05, 0) is 43.9 Å². The lowest BCUT2D eigenvalue weighted by atomic mass is 9.92. The molecule has 1 aromatic carbocycles. The number of benzene rings is 1. The molecule has 0 radical (unpaired) electrons. The van der Waals surface area contributed by atoms with Crippen LogP contribution in [-0.4, -0.2) is 31.9 Å². The van der Waals surface area contributed by atoms with Gasteiger partial charge in [0.25, 0.3) is 0 Å². The van der Waals surface area contributed by atoms with Crippen molar-refractivity contribution in [3.63, 3.8) is 0 Å². The number of hydrogen-bond donors (Lipinski definition) is 1. The van der Waals surface area contributed by atoms with Crippen molar-refractivity contribution in [2.45, 2.75) is 30.7 Å². The van der Waals surface area contributed by atoms with Gasteiger partial charge in [-0.15, -0.1) is 12.4 Å². The zero-order valence-corrected chi connectivity index (χ0v) is 14.8. The van der Waals surface area contributed by atoms with E-state index in [0.29, 0.717) is 36.3 Å². The fraction of sp³-hybridized carbons (Fsp3) is 0.538. The Labute approximate surface area is 139 Å². The maximum atomic E-state index is 13.8. The van der Waals surface area contributed by atoms with Crippen LogP contribution in [-0.2, 0) is 10.0 Å². The van der Waals surface area contributed by atoms with Gasteiger partial charge >= 0.3 is 0 Å². The van der Waals surface area contributed by atoms with Crippen LogP contribution in [0.4, 0.5) is 4.39 Å². The van der Waals surface area contributed by atoms with E-state index in [-0.39, 0.29) is 23.3 Å². The van der Waals surface area contributed by atoms with Gasteiger partial charge in [-0.25, -0.2) is 12.8 Å². The molecule has 21 heavy (non-hydrogen) atoms. The lowest BCUT2D eigenvalue weighted by Gasteiger charge is -2.33. The summed E-state index contributed by atoms with van der Waals surface area (Å²) in [6.45, 7) is 2.71. The molecule has 1 saturated heterocycles. The number of hydrogen-bond acceptors (Lipinski definition) is 3. The van der Waals surface area contributed by atoms with Crippen LogP contribution in [0.3, 0.4) is 0 Å². The lowest BCUT2D eigenvalue weighted by molar-refractivity contribution is 0.250. The maximum Gasteiger partial charge on any atom is 0.246 e. The Morgan fingerprint density at radius 1 is 1.38 bits per heavy atom. The fourth-order valence-electron chi connectivity index (χ4n) is 2.46. The molecule has 1 aliphatic heterocycles. The van der Waals surface area contributed by atoms with Gasteiger partial charge in [0.05, 0.1) is 0 Å². The monoisotopic (exact) mass is 400 g/mol. The largest absolute Gasteiger partial charge is 0.328 e. The Bertz CT molecular complexity index is 590. The number of rotatable bonds is 3. The highest BCUT2D eigenvalue weighted by Gasteiger charge is 2.32. The molecule has 1 aromatic rings. The molecule has 0 spiro atoms. The third-order valence-corrected chi connectivity index (χ3v) is 6.16. The van der Waals surface area contributed by atoms with E-state index in [1.54, 1.807) is 0 Å². The molecule has 2 N–H and O–H groups in total. The summed E-state index contributed by atoms with van der Waals surface area (Å²) in [5.41, 5.74) is 5.84. The Hall–Kier alpha value is -0.210. The Kier molecular flexibility index (Phi) is 6.61. The molecule has 1 fully saturated rings. The van der Waals surface area contributed by atoms with Crippen molar-refractivity contribution in [2.24, 2.45) is 11.7 Å². The zero-order chi connectivity index (χ0) is 14.9. The highest BCUT2D eigenvalue weighted by atomic mass is 79.9. The van der Waals surface area contributed by atoms with Crippen LogP contribution < -0.4 is 5.73 Å². The van der Waals surface area contributed by atoms with Gasteiger partial charge in [0, 0.05) is 23.6 Å². The van der Waals surface area contributed by atoms with Gasteiger partial charge in [-0.3, -0.25) is 0 Å². The van der Waals surface area contributed by atoms with E-state index in [2.05, 4.69) is 15.9 Å². The predicted molar refractivity (Wildman–Crippen MR) is 86.5 cm³/mol. The third kappa shape index (κ3) is 4.16. The summed E-state index contributed by atoms with van der Waals surface area (Å²) in [6, 6.07) is 4.01. The van der Waals surface area contributed by atoms with Crippen LogP contribution in [0.2, 0.25) is 0 Å². The Morgan fingerprint density at radius 3 is 2.48 bits per heavy atom. The molecule has 8 heteroatoms. The van der Waals surface area contributed by atoms with Crippen LogP contribution in [0, 0.1) is 11.7 Å². The molecule has 120 valence electrons. The molecular weight excluding hydrogens is 383 g/mol. The van der Waals surface area contributed by atoms with Crippen LogP contribution in [0.5, 0.6) is 0 Å². The highest BCUT2D eigenvalue weighted by molar-refractivity contribution is 9.10. The summed E-state index contributed by atoms with van der Waals surface area (Å²) in [5.74, 6) is -0.392. The number of piperidine rings is 1. The molecule has 2 rings (SSSR count). The molecule has 0 aromatic heterocycles. The van der Waals surface area contributed by atoms with E-state index in [0.717, 1.165) is 6.07 Å². The fourth-order valence-corrected chi connectivity index (χ4v) is 4.53. The Morgan fingerprint density at radius 2 is 1.95 bits per heavy atom. The van der Waals surface area contributed by atoms with Crippen molar-refractivity contribution in [3.05, 3.63) is 28.5 Å². The summed E-state index contributed by atoms with van der Waals surface area (Å²) in [7, 11) is -3.78. The summed E-state index contributed by atoms with van der Waals surface area (Å²) in [5, 5.41) is 0. The lowest BCUT2D eigenvalue weighted by Crippen LogP contribution is -2.42. The molecule has 4 nitrogen and oxygen atoms in total. The number of sulfonamides is 1. The van der Waals surface area contributed by atoms with E-state index < -0.39 is 15.8 Å². The van der Waals surface area contributed by atoms with Gasteiger partial charge < -0.3 is 5.73 Å². The van der Waals surface area contributed by atoms with Crippen LogP contribution in [0.1, 0.15) is 19.8 Å². The summed E-state index contributed by atoms with van der Waals surface area (Å²) in [6.07, 6.45) is 1.43. The summed E-state index contributed by atoms with van der Waals surface area (Å²) < 4.78 is 40.6. The van der Waals surface area contributed by atoms with Crippen molar-refractivity contribution in [2.75, 3.05) is 13.1 Å². The van der Waals surface area contributed by atoms with Crippen molar-refractivity contribution >= 4 is 38.4 Å². The SMILES string of the molecule is CC(N)C1CCN(S(=O)(=O)c2cc(Br)ccc2F)CC1.Cl. The zero-order valence-electron chi connectivity index (χ0n) is 11.6. The van der Waals surface area contributed by atoms with Crippen LogP contribution in [0.15, 0.2) is 27.6 Å². The Balaban J connectivity index is 0.00000220. The van der Waals surface area contributed by atoms with E-state index in [1.165, 1.54) is 16.4 Å². The first-order chi connectivity index (χ1) is 9.32. The van der Waals surface area contributed by atoms with Crippen molar-refractivity contribution in [1.29, 1.82) is 0 Å². The topological polar surface area (TPSA) is 63.4 Å². The number of nitrogens with zero attached hydrogens (tertiary/aromatic N) is 1. The van der Waals surface area contributed by atoms with Crippen molar-refractivity contribution in [3.8, 4) is 0 Å². The minimum absolute atomic E-state index is 0. The predicted octanol–water partition coefficient (Wildman–Crippen LogP) is 2.76. The van der Waals surface area contributed by atoms with E-state index >= 15 is 0 Å². The van der Waals surface area contributed by atoms with Crippen LogP contribution in [0.25, 0.3) is 0 Å². The first-order valence-electron chi connectivity index (χ1n) is 6.53. The highest BCUT2D eigenvalue weighted by Crippen LogP contribution is 2.28. The first-order valence-corrected chi connectivity index (χ1v) is 8.76. The molecule has 1 atom stereocenters. The van der Waals surface area contributed by atoms with Crippen molar-refractivity contribution < 1.29 is 12.8 Å². The minimum atomic E-state index is -3.78. The van der Waals surface area contributed by atoms with Gasteiger partial charge in [0.2, 0.25) is 10.0 Å². The van der Waals surface area contributed by atoms with Crippen molar-refractivity contribution in [1.82, 2.24) is 4.31 Å². The second-order valence-corrected chi connectivity index (χ2v) is 8.00. The van der Waals surface area contributed by atoms with E-state index in [4.69, 9.17) is 5.73 Å². The standard InChI is InChI=1S/C13H18BrFN2O2S.ClH/c1-9(16)10-4-6-17(7-5-10)20(18,19)13-8-11(14)2-3-12(13)15;/h2-3,8-10H,4-7,16H2,1H3;1H. The van der Waals surface area contributed by atoms with E-state index in [9.17, 15) is 12.8 Å². The molecule has 1 unspecified atom stereocenters. The average Bonchev–Trinajstić information content (AvgIpc) is 2.41. The number of nitrogens with two attached hydrogens (primary N) is 1. The van der Waals surface area contributed by atoms with Gasteiger partial charge in [-0.1, -0.05) is 15.9 Å². The maximum absolute atomic E-state index is 13.8. The molecule has 0 saturated carbocycles. The van der Waals surface area contributed by atoms with Crippen LogP contribution >= 0.6 is 28.3 Å². The van der Waals surface area contributed by atoms with E-state index in [1.807, 2.05) is 6.92 Å². The molecule has 1 aliphatic rings. The second-order valence-electron chi connectivity index (χ2n) is 5.18. The van der Waals surface area contributed by atoms with Gasteiger partial charge in [-0.2, -0.15) is 4.31 Å². The quantitative estimate of drug-likeness (QED) is 0.847. The second kappa shape index (κ2) is 7.37. The normalized spacial score (nSPS) is 19.0. The first kappa shape index (κ1) is 18.8. The molecular formula is C13H19BrClFN2O2S. The number of halogens is 3. The smallest absolute Gasteiger partial charge is 0.246 e. The molecule has 0 aliphatic carbocycles. The minimum Gasteiger partial charge on any atom is -0.328 e.